The molecule has 1 fully saturated rings. The predicted molar refractivity (Wildman–Crippen MR) is 91.1 cm³/mol. The van der Waals surface area contributed by atoms with Crippen LogP contribution in [0.2, 0.25) is 0 Å². The van der Waals surface area contributed by atoms with Gasteiger partial charge in [0.1, 0.15) is 5.82 Å². The van der Waals surface area contributed by atoms with Crippen LogP contribution < -0.4 is 0 Å². The normalized spacial score (nSPS) is 17.0. The molecule has 0 bridgehead atoms. The SMILES string of the molecule is Cc1nccn1-c1cncc(C2CCCN2C(=O)c2cccnc2)n1. The molecule has 7 heteroatoms. The number of nitrogens with zero attached hydrogens (tertiary/aromatic N) is 6. The summed E-state index contributed by atoms with van der Waals surface area (Å²) in [5.74, 6) is 1.55. The van der Waals surface area contributed by atoms with Crippen molar-refractivity contribution < 1.29 is 4.79 Å². The topological polar surface area (TPSA) is 76.8 Å². The van der Waals surface area contributed by atoms with Gasteiger partial charge in [-0.2, -0.15) is 0 Å². The first-order chi connectivity index (χ1) is 12.2. The van der Waals surface area contributed by atoms with Crippen LogP contribution in [0, 0.1) is 6.92 Å². The zero-order chi connectivity index (χ0) is 17.2. The molecule has 1 aliphatic rings. The number of pyridine rings is 1. The highest BCUT2D eigenvalue weighted by molar-refractivity contribution is 5.94. The van der Waals surface area contributed by atoms with E-state index in [-0.39, 0.29) is 11.9 Å². The lowest BCUT2D eigenvalue weighted by Gasteiger charge is -2.24. The van der Waals surface area contributed by atoms with Crippen molar-refractivity contribution >= 4 is 5.91 Å². The van der Waals surface area contributed by atoms with Crippen molar-refractivity contribution in [2.24, 2.45) is 0 Å². The van der Waals surface area contributed by atoms with Gasteiger partial charge in [0.15, 0.2) is 5.82 Å². The molecule has 4 rings (SSSR count). The zero-order valence-electron chi connectivity index (χ0n) is 13.9. The summed E-state index contributed by atoms with van der Waals surface area (Å²) in [7, 11) is 0. The summed E-state index contributed by atoms with van der Waals surface area (Å²) in [6.07, 6.45) is 12.2. The third-order valence-corrected chi connectivity index (χ3v) is 4.48. The Morgan fingerprint density at radius 3 is 2.88 bits per heavy atom. The molecule has 0 saturated carbocycles. The highest BCUT2D eigenvalue weighted by Gasteiger charge is 2.32. The van der Waals surface area contributed by atoms with Crippen LogP contribution in [0.15, 0.2) is 49.3 Å². The number of carbonyl (C=O) groups is 1. The quantitative estimate of drug-likeness (QED) is 0.735. The predicted octanol–water partition coefficient (Wildman–Crippen LogP) is 2.34. The highest BCUT2D eigenvalue weighted by atomic mass is 16.2. The third-order valence-electron chi connectivity index (χ3n) is 4.48. The number of hydrogen-bond donors (Lipinski definition) is 0. The molecule has 7 nitrogen and oxygen atoms in total. The van der Waals surface area contributed by atoms with Gasteiger partial charge < -0.3 is 4.90 Å². The minimum absolute atomic E-state index is 0.0124. The zero-order valence-corrected chi connectivity index (χ0v) is 13.9. The molecule has 0 aromatic carbocycles. The molecule has 1 aliphatic heterocycles. The number of amides is 1. The summed E-state index contributed by atoms with van der Waals surface area (Å²) in [5.41, 5.74) is 1.41. The van der Waals surface area contributed by atoms with E-state index in [4.69, 9.17) is 4.98 Å². The Morgan fingerprint density at radius 2 is 2.12 bits per heavy atom. The second kappa shape index (κ2) is 6.43. The van der Waals surface area contributed by atoms with Crippen LogP contribution in [0.1, 0.15) is 40.8 Å². The van der Waals surface area contributed by atoms with E-state index in [1.54, 1.807) is 43.1 Å². The lowest BCUT2D eigenvalue weighted by Crippen LogP contribution is -2.31. The number of carbonyl (C=O) groups excluding carboxylic acids is 1. The van der Waals surface area contributed by atoms with Gasteiger partial charge in [0.05, 0.1) is 29.7 Å². The van der Waals surface area contributed by atoms with Crippen molar-refractivity contribution in [3.05, 3.63) is 66.4 Å². The largest absolute Gasteiger partial charge is 0.330 e. The smallest absolute Gasteiger partial charge is 0.255 e. The summed E-state index contributed by atoms with van der Waals surface area (Å²) in [6.45, 7) is 2.64. The van der Waals surface area contributed by atoms with Crippen LogP contribution in [0.3, 0.4) is 0 Å². The van der Waals surface area contributed by atoms with Crippen LogP contribution >= 0.6 is 0 Å². The van der Waals surface area contributed by atoms with E-state index in [0.717, 1.165) is 24.4 Å². The Kier molecular flexibility index (Phi) is 3.97. The molecule has 0 radical (unpaired) electrons. The van der Waals surface area contributed by atoms with Gasteiger partial charge in [0.2, 0.25) is 0 Å². The Labute approximate surface area is 145 Å². The molecule has 3 aromatic rings. The average Bonchev–Trinajstić information content (AvgIpc) is 3.31. The molecule has 25 heavy (non-hydrogen) atoms. The molecule has 0 aliphatic carbocycles. The van der Waals surface area contributed by atoms with Crippen LogP contribution in [0.5, 0.6) is 0 Å². The van der Waals surface area contributed by atoms with Crippen molar-refractivity contribution in [3.63, 3.8) is 0 Å². The van der Waals surface area contributed by atoms with Gasteiger partial charge in [-0.3, -0.25) is 19.3 Å². The molecule has 4 heterocycles. The van der Waals surface area contributed by atoms with Crippen LogP contribution in [-0.2, 0) is 0 Å². The van der Waals surface area contributed by atoms with Crippen molar-refractivity contribution in [1.29, 1.82) is 0 Å². The molecule has 1 amide bonds. The minimum Gasteiger partial charge on any atom is -0.330 e. The van der Waals surface area contributed by atoms with E-state index in [1.807, 2.05) is 22.6 Å². The Bertz CT molecular complexity index is 891. The standard InChI is InChI=1S/C18H18N6O/c1-13-21-7-9-23(13)17-12-20-11-15(22-17)16-5-3-8-24(16)18(25)14-4-2-6-19-10-14/h2,4,6-7,9-12,16H,3,5,8H2,1H3. The summed E-state index contributed by atoms with van der Waals surface area (Å²) in [5, 5.41) is 0. The van der Waals surface area contributed by atoms with Crippen molar-refractivity contribution in [1.82, 2.24) is 29.4 Å². The molecular weight excluding hydrogens is 316 g/mol. The van der Waals surface area contributed by atoms with E-state index in [2.05, 4.69) is 15.0 Å². The Balaban J connectivity index is 1.65. The number of aryl methyl sites for hydroxylation is 1. The minimum atomic E-state index is -0.0658. The van der Waals surface area contributed by atoms with Crippen molar-refractivity contribution in [2.45, 2.75) is 25.8 Å². The van der Waals surface area contributed by atoms with Gasteiger partial charge in [0, 0.05) is 31.3 Å². The van der Waals surface area contributed by atoms with E-state index in [1.165, 1.54) is 0 Å². The molecule has 1 saturated heterocycles. The van der Waals surface area contributed by atoms with Crippen LogP contribution in [0.25, 0.3) is 5.82 Å². The summed E-state index contributed by atoms with van der Waals surface area (Å²) in [4.78, 5) is 32.0. The first-order valence-corrected chi connectivity index (χ1v) is 8.27. The van der Waals surface area contributed by atoms with Gasteiger partial charge in [-0.25, -0.2) is 9.97 Å². The first kappa shape index (κ1) is 15.4. The van der Waals surface area contributed by atoms with Gasteiger partial charge in [-0.15, -0.1) is 0 Å². The van der Waals surface area contributed by atoms with Crippen molar-refractivity contribution in [2.75, 3.05) is 6.54 Å². The fourth-order valence-corrected chi connectivity index (χ4v) is 3.24. The molecular formula is C18H18N6O. The number of rotatable bonds is 3. The number of hydrogen-bond acceptors (Lipinski definition) is 5. The van der Waals surface area contributed by atoms with Gasteiger partial charge in [-0.1, -0.05) is 0 Å². The van der Waals surface area contributed by atoms with Crippen LogP contribution in [0.4, 0.5) is 0 Å². The maximum absolute atomic E-state index is 12.8. The van der Waals surface area contributed by atoms with Crippen LogP contribution in [-0.4, -0.2) is 41.9 Å². The van der Waals surface area contributed by atoms with Gasteiger partial charge >= 0.3 is 0 Å². The number of imidazole rings is 1. The maximum atomic E-state index is 12.8. The molecule has 1 unspecified atom stereocenters. The fourth-order valence-electron chi connectivity index (χ4n) is 3.24. The van der Waals surface area contributed by atoms with E-state index < -0.39 is 0 Å². The first-order valence-electron chi connectivity index (χ1n) is 8.27. The third kappa shape index (κ3) is 2.88. The molecule has 0 N–H and O–H groups in total. The Hall–Kier alpha value is -3.09. The van der Waals surface area contributed by atoms with Gasteiger partial charge in [0.25, 0.3) is 5.91 Å². The van der Waals surface area contributed by atoms with E-state index >= 15 is 0 Å². The maximum Gasteiger partial charge on any atom is 0.255 e. The fraction of sp³-hybridized carbons (Fsp3) is 0.278. The van der Waals surface area contributed by atoms with E-state index in [0.29, 0.717) is 17.9 Å². The van der Waals surface area contributed by atoms with Crippen molar-refractivity contribution in [3.8, 4) is 5.82 Å². The molecule has 126 valence electrons. The van der Waals surface area contributed by atoms with Gasteiger partial charge in [-0.05, 0) is 31.9 Å². The molecule has 3 aromatic heterocycles. The Morgan fingerprint density at radius 1 is 1.20 bits per heavy atom. The lowest BCUT2D eigenvalue weighted by molar-refractivity contribution is 0.0732. The average molecular weight is 334 g/mol. The molecule has 1 atom stereocenters. The lowest BCUT2D eigenvalue weighted by atomic mass is 10.1. The second-order valence-electron chi connectivity index (χ2n) is 6.04. The second-order valence-corrected chi connectivity index (χ2v) is 6.04. The number of aromatic nitrogens is 5. The highest BCUT2D eigenvalue weighted by Crippen LogP contribution is 2.32. The van der Waals surface area contributed by atoms with E-state index in [9.17, 15) is 4.79 Å². The summed E-state index contributed by atoms with van der Waals surface area (Å²) < 4.78 is 1.89. The molecule has 0 spiro atoms. The summed E-state index contributed by atoms with van der Waals surface area (Å²) in [6, 6.07) is 3.51. The summed E-state index contributed by atoms with van der Waals surface area (Å²) >= 11 is 0. The monoisotopic (exact) mass is 334 g/mol. The number of likely N-dealkylation sites (tertiary alicyclic amines) is 1.